The van der Waals surface area contributed by atoms with Crippen molar-refractivity contribution in [1.82, 2.24) is 4.72 Å². The van der Waals surface area contributed by atoms with Gasteiger partial charge in [0.2, 0.25) is 0 Å². The van der Waals surface area contributed by atoms with E-state index in [-0.39, 0.29) is 13.2 Å². The van der Waals surface area contributed by atoms with E-state index in [1.54, 1.807) is 24.3 Å². The third kappa shape index (κ3) is 9.20. The molecule has 0 aliphatic heterocycles. The molecule has 2 rings (SSSR count). The van der Waals surface area contributed by atoms with Gasteiger partial charge < -0.3 is 23.3 Å². The topological polar surface area (TPSA) is 83.0 Å². The predicted molar refractivity (Wildman–Crippen MR) is 124 cm³/mol. The van der Waals surface area contributed by atoms with Crippen LogP contribution in [-0.2, 0) is 11.4 Å². The summed E-state index contributed by atoms with van der Waals surface area (Å²) in [6.07, 6.45) is 1.43. The van der Waals surface area contributed by atoms with E-state index in [1.807, 2.05) is 12.1 Å². The van der Waals surface area contributed by atoms with Crippen LogP contribution in [0.1, 0.15) is 6.42 Å². The molecule has 2 N–H and O–H groups in total. The van der Waals surface area contributed by atoms with Gasteiger partial charge in [0, 0.05) is 34.3 Å². The fourth-order valence-electron chi connectivity index (χ4n) is 2.10. The van der Waals surface area contributed by atoms with E-state index in [4.69, 9.17) is 48.5 Å². The van der Waals surface area contributed by atoms with Crippen molar-refractivity contribution in [3.8, 4) is 17.2 Å². The van der Waals surface area contributed by atoms with Crippen LogP contribution in [0.2, 0.25) is 10.0 Å². The molecule has 0 aliphatic rings. The van der Waals surface area contributed by atoms with Gasteiger partial charge in [-0.25, -0.2) is 0 Å². The lowest BCUT2D eigenvalue weighted by Crippen LogP contribution is -2.34. The molecule has 2 aromatic carbocycles. The van der Waals surface area contributed by atoms with Crippen molar-refractivity contribution in [2.75, 3.05) is 31.9 Å². The number of nitrogens with one attached hydrogen (secondary N) is 1. The molecule has 2 aromatic rings. The first-order chi connectivity index (χ1) is 14.4. The van der Waals surface area contributed by atoms with Gasteiger partial charge in [-0.3, -0.25) is 0 Å². The summed E-state index contributed by atoms with van der Waals surface area (Å²) in [5, 5.41) is 10.5. The molecule has 0 saturated carbocycles. The first kappa shape index (κ1) is 25.5. The summed E-state index contributed by atoms with van der Waals surface area (Å²) in [5.41, 5.74) is 0. The number of alkyl halides is 1. The molecule has 30 heavy (non-hydrogen) atoms. The second-order valence-corrected chi connectivity index (χ2v) is 9.21. The summed E-state index contributed by atoms with van der Waals surface area (Å²) in [6.45, 7) is 0.702. The zero-order valence-corrected chi connectivity index (χ0v) is 20.0. The third-order valence-corrected chi connectivity index (χ3v) is 5.66. The number of rotatable bonds is 13. The molecule has 0 bridgehead atoms. The Morgan fingerprint density at radius 3 is 2.40 bits per heavy atom. The summed E-state index contributed by atoms with van der Waals surface area (Å²) < 4.78 is 30.3. The molecule has 2 atom stereocenters. The third-order valence-electron chi connectivity index (χ3n) is 3.52. The maximum absolute atomic E-state index is 10.9. The van der Waals surface area contributed by atoms with Crippen molar-refractivity contribution in [2.24, 2.45) is 0 Å². The number of benzene rings is 2. The molecule has 0 aliphatic carbocycles. The summed E-state index contributed by atoms with van der Waals surface area (Å²) in [5.74, 6) is 1.99. The number of ether oxygens (including phenoxy) is 2. The van der Waals surface area contributed by atoms with E-state index in [2.05, 4.69) is 4.72 Å². The molecule has 11 heteroatoms. The zero-order valence-electron chi connectivity index (χ0n) is 16.1. The standard InChI is InChI=1S/C19H22Cl3NO5S2/c1-30(25)23-11-13(24)12-27-14-3-5-16(6-4-14)29-28-15-9-17(21)19(18(22)10-15)26-8-2-7-20/h3-6,9-10,13,23-24H,2,7-8,11-12H2,1H3. The summed E-state index contributed by atoms with van der Waals surface area (Å²) in [4.78, 5) is 0.834. The molecule has 2 unspecified atom stereocenters. The van der Waals surface area contributed by atoms with E-state index in [1.165, 1.54) is 6.26 Å². The quantitative estimate of drug-likeness (QED) is 0.173. The van der Waals surface area contributed by atoms with Crippen LogP contribution in [0.4, 0.5) is 0 Å². The molecular formula is C19H22Cl3NO5S2. The van der Waals surface area contributed by atoms with Gasteiger partial charge in [-0.1, -0.05) is 23.2 Å². The Labute approximate surface area is 198 Å². The van der Waals surface area contributed by atoms with E-state index < -0.39 is 17.5 Å². The van der Waals surface area contributed by atoms with Gasteiger partial charge in [-0.15, -0.1) is 16.3 Å². The summed E-state index contributed by atoms with van der Waals surface area (Å²) in [6, 6.07) is 10.4. The first-order valence-electron chi connectivity index (χ1n) is 8.89. The van der Waals surface area contributed by atoms with Crippen molar-refractivity contribution >= 4 is 58.2 Å². The van der Waals surface area contributed by atoms with Gasteiger partial charge in [0.05, 0.1) is 35.2 Å². The van der Waals surface area contributed by atoms with Crippen LogP contribution in [0.3, 0.4) is 0 Å². The van der Waals surface area contributed by atoms with Crippen molar-refractivity contribution in [2.45, 2.75) is 17.4 Å². The normalized spacial score (nSPS) is 13.0. The van der Waals surface area contributed by atoms with E-state index >= 15 is 0 Å². The average Bonchev–Trinajstić information content (AvgIpc) is 2.72. The van der Waals surface area contributed by atoms with Gasteiger partial charge >= 0.3 is 0 Å². The lowest BCUT2D eigenvalue weighted by atomic mass is 10.3. The molecule has 0 spiro atoms. The number of hydrogen-bond acceptors (Lipinski definition) is 7. The number of hydrogen-bond donors (Lipinski definition) is 2. The molecule has 0 heterocycles. The second kappa shape index (κ2) is 13.6. The number of aliphatic hydroxyl groups excluding tert-OH is 1. The molecule has 0 aromatic heterocycles. The highest BCUT2D eigenvalue weighted by atomic mass is 35.5. The SMILES string of the molecule is C[S+]([O-])NCC(O)COc1ccc(SOc2cc(Cl)c(OCCCCl)c(Cl)c2)cc1. The molecule has 166 valence electrons. The minimum Gasteiger partial charge on any atom is -0.598 e. The van der Waals surface area contributed by atoms with E-state index in [0.29, 0.717) is 46.2 Å². The van der Waals surface area contributed by atoms with Crippen LogP contribution in [0.25, 0.3) is 0 Å². The predicted octanol–water partition coefficient (Wildman–Crippen LogP) is 4.71. The van der Waals surface area contributed by atoms with Crippen molar-refractivity contribution in [3.05, 3.63) is 46.4 Å². The van der Waals surface area contributed by atoms with Crippen LogP contribution < -0.4 is 18.4 Å². The monoisotopic (exact) mass is 513 g/mol. The summed E-state index contributed by atoms with van der Waals surface area (Å²) in [7, 11) is 0. The smallest absolute Gasteiger partial charge is 0.156 e. The van der Waals surface area contributed by atoms with Crippen LogP contribution in [0, 0.1) is 0 Å². The zero-order chi connectivity index (χ0) is 21.9. The Hall–Kier alpha value is -0.710. The Morgan fingerprint density at radius 2 is 1.80 bits per heavy atom. The largest absolute Gasteiger partial charge is 0.598 e. The summed E-state index contributed by atoms with van der Waals surface area (Å²) >= 11 is 18.1. The molecule has 0 saturated heterocycles. The number of halogens is 3. The van der Waals surface area contributed by atoms with Crippen molar-refractivity contribution in [1.29, 1.82) is 0 Å². The maximum atomic E-state index is 10.9. The van der Waals surface area contributed by atoms with E-state index in [0.717, 1.165) is 16.9 Å². The minimum atomic E-state index is -1.17. The highest BCUT2D eigenvalue weighted by Gasteiger charge is 2.12. The minimum absolute atomic E-state index is 0.0868. The Balaban J connectivity index is 1.83. The lowest BCUT2D eigenvalue weighted by molar-refractivity contribution is 0.111. The molecule has 0 amide bonds. The Morgan fingerprint density at radius 1 is 1.13 bits per heavy atom. The fourth-order valence-corrected chi connectivity index (χ4v) is 3.75. The lowest BCUT2D eigenvalue weighted by Gasteiger charge is -2.13. The van der Waals surface area contributed by atoms with Gasteiger partial charge in [0.25, 0.3) is 0 Å². The van der Waals surface area contributed by atoms with Gasteiger partial charge in [-0.05, 0) is 30.7 Å². The van der Waals surface area contributed by atoms with Gasteiger partial charge in [-0.2, -0.15) is 0 Å². The number of aliphatic hydroxyl groups is 1. The fraction of sp³-hybridized carbons (Fsp3) is 0.368. The van der Waals surface area contributed by atoms with Crippen LogP contribution in [0.5, 0.6) is 17.2 Å². The Bertz CT molecular complexity index is 760. The first-order valence-corrected chi connectivity index (χ1v) is 12.5. The van der Waals surface area contributed by atoms with Crippen LogP contribution in [0.15, 0.2) is 41.3 Å². The average molecular weight is 515 g/mol. The highest BCUT2D eigenvalue weighted by Crippen LogP contribution is 2.38. The second-order valence-electron chi connectivity index (χ2n) is 6.01. The van der Waals surface area contributed by atoms with Crippen molar-refractivity contribution < 1.29 is 23.3 Å². The van der Waals surface area contributed by atoms with Crippen molar-refractivity contribution in [3.63, 3.8) is 0 Å². The molecule has 6 nitrogen and oxygen atoms in total. The van der Waals surface area contributed by atoms with Gasteiger partial charge in [0.1, 0.15) is 30.5 Å². The van der Waals surface area contributed by atoms with E-state index in [9.17, 15) is 9.66 Å². The maximum Gasteiger partial charge on any atom is 0.156 e. The highest BCUT2D eigenvalue weighted by molar-refractivity contribution is 7.95. The molecule has 0 radical (unpaired) electrons. The van der Waals surface area contributed by atoms with Crippen LogP contribution in [-0.4, -0.2) is 47.7 Å². The van der Waals surface area contributed by atoms with Crippen LogP contribution >= 0.6 is 46.8 Å². The molecule has 0 fully saturated rings. The Kier molecular flexibility index (Phi) is 11.6. The van der Waals surface area contributed by atoms with Gasteiger partial charge in [0.15, 0.2) is 5.75 Å². The molecular weight excluding hydrogens is 493 g/mol.